The zero-order chi connectivity index (χ0) is 14.1. The third-order valence-electron chi connectivity index (χ3n) is 2.95. The number of hydrogen-bond acceptors (Lipinski definition) is 6. The Labute approximate surface area is 113 Å². The van der Waals surface area contributed by atoms with E-state index in [-0.39, 0.29) is 5.95 Å². The van der Waals surface area contributed by atoms with E-state index in [1.165, 1.54) is 4.57 Å². The molecule has 0 bridgehead atoms. The number of nitrogens with one attached hydrogen (secondary N) is 1. The second-order valence-electron chi connectivity index (χ2n) is 4.14. The van der Waals surface area contributed by atoms with Gasteiger partial charge in [-0.25, -0.2) is 14.8 Å². The summed E-state index contributed by atoms with van der Waals surface area (Å²) in [6, 6.07) is 5.41. The predicted octanol–water partition coefficient (Wildman–Crippen LogP) is 1.48. The lowest BCUT2D eigenvalue weighted by Gasteiger charge is -2.01. The molecule has 1 aromatic carbocycles. The Bertz CT molecular complexity index is 870. The third-order valence-corrected chi connectivity index (χ3v) is 2.95. The average molecular weight is 267 g/mol. The molecule has 0 saturated heterocycles. The van der Waals surface area contributed by atoms with Crippen molar-refractivity contribution in [2.24, 2.45) is 7.05 Å². The van der Waals surface area contributed by atoms with Gasteiger partial charge in [0.2, 0.25) is 5.95 Å². The summed E-state index contributed by atoms with van der Waals surface area (Å²) < 4.78 is 6.57. The number of anilines is 1. The van der Waals surface area contributed by atoms with Gasteiger partial charge in [0.1, 0.15) is 0 Å². The molecule has 2 heterocycles. The molecule has 2 aromatic heterocycles. The van der Waals surface area contributed by atoms with Crippen LogP contribution in [0.2, 0.25) is 0 Å². The standard InChI is InChI=1S/C13H9N5O2/c1-18-10-3-2-8(4-11(10)20-13(18)19)9-5-15-12(16-6-9)17-7-14/h2-6H,1H3,(H,15,16,17). The first-order valence-corrected chi connectivity index (χ1v) is 5.76. The van der Waals surface area contributed by atoms with Crippen molar-refractivity contribution in [2.75, 3.05) is 5.32 Å². The van der Waals surface area contributed by atoms with E-state index in [9.17, 15) is 4.79 Å². The molecule has 0 spiro atoms. The topological polar surface area (TPSA) is 96.7 Å². The largest absolute Gasteiger partial charge is 0.419 e. The first kappa shape index (κ1) is 11.9. The normalized spacial score (nSPS) is 10.4. The van der Waals surface area contributed by atoms with E-state index in [1.807, 2.05) is 6.07 Å². The quantitative estimate of drug-likeness (QED) is 0.558. The van der Waals surface area contributed by atoms with Crippen molar-refractivity contribution in [3.63, 3.8) is 0 Å². The maximum atomic E-state index is 11.4. The lowest BCUT2D eigenvalue weighted by atomic mass is 10.1. The van der Waals surface area contributed by atoms with Crippen molar-refractivity contribution in [1.29, 1.82) is 5.26 Å². The molecule has 0 radical (unpaired) electrons. The lowest BCUT2D eigenvalue weighted by Crippen LogP contribution is -2.08. The van der Waals surface area contributed by atoms with E-state index in [2.05, 4.69) is 15.3 Å². The Morgan fingerprint density at radius 2 is 2.05 bits per heavy atom. The molecule has 7 heteroatoms. The molecular formula is C13H9N5O2. The molecule has 0 fully saturated rings. The average Bonchev–Trinajstić information content (AvgIpc) is 2.75. The Balaban J connectivity index is 2.06. The van der Waals surface area contributed by atoms with Gasteiger partial charge in [-0.2, -0.15) is 5.26 Å². The molecule has 0 unspecified atom stereocenters. The van der Waals surface area contributed by atoms with Gasteiger partial charge in [0.05, 0.1) is 5.52 Å². The Morgan fingerprint density at radius 1 is 1.30 bits per heavy atom. The summed E-state index contributed by atoms with van der Waals surface area (Å²) in [5.41, 5.74) is 2.83. The smallest absolute Gasteiger partial charge is 0.408 e. The summed E-state index contributed by atoms with van der Waals surface area (Å²) in [7, 11) is 1.65. The van der Waals surface area contributed by atoms with Crippen LogP contribution in [0.5, 0.6) is 0 Å². The van der Waals surface area contributed by atoms with Gasteiger partial charge in [-0.15, -0.1) is 0 Å². The van der Waals surface area contributed by atoms with Crippen molar-refractivity contribution in [2.45, 2.75) is 0 Å². The zero-order valence-corrected chi connectivity index (χ0v) is 10.5. The number of aromatic nitrogens is 3. The fraction of sp³-hybridized carbons (Fsp3) is 0.0769. The van der Waals surface area contributed by atoms with Gasteiger partial charge >= 0.3 is 5.76 Å². The van der Waals surface area contributed by atoms with E-state index in [0.717, 1.165) is 16.6 Å². The molecule has 1 N–H and O–H groups in total. The number of fused-ring (bicyclic) bond motifs is 1. The second-order valence-corrected chi connectivity index (χ2v) is 4.14. The number of aryl methyl sites for hydroxylation is 1. The van der Waals surface area contributed by atoms with Gasteiger partial charge in [-0.3, -0.25) is 9.88 Å². The summed E-state index contributed by atoms with van der Waals surface area (Å²) in [6.45, 7) is 0. The molecule has 98 valence electrons. The summed E-state index contributed by atoms with van der Waals surface area (Å²) in [5, 5.41) is 10.8. The fourth-order valence-corrected chi connectivity index (χ4v) is 1.91. The van der Waals surface area contributed by atoms with Crippen LogP contribution in [0.1, 0.15) is 0 Å². The molecule has 0 aliphatic rings. The van der Waals surface area contributed by atoms with Gasteiger partial charge in [0.15, 0.2) is 11.8 Å². The zero-order valence-electron chi connectivity index (χ0n) is 10.5. The van der Waals surface area contributed by atoms with Crippen LogP contribution in [0.4, 0.5) is 5.95 Å². The highest BCUT2D eigenvalue weighted by atomic mass is 16.4. The Hall–Kier alpha value is -3.14. The van der Waals surface area contributed by atoms with E-state index in [1.54, 1.807) is 37.8 Å². The minimum Gasteiger partial charge on any atom is -0.408 e. The van der Waals surface area contributed by atoms with E-state index in [4.69, 9.17) is 9.68 Å². The van der Waals surface area contributed by atoms with Crippen LogP contribution in [0.15, 0.2) is 39.8 Å². The maximum Gasteiger partial charge on any atom is 0.419 e. The predicted molar refractivity (Wildman–Crippen MR) is 71.7 cm³/mol. The van der Waals surface area contributed by atoms with Crippen LogP contribution in [-0.4, -0.2) is 14.5 Å². The van der Waals surface area contributed by atoms with Crippen molar-refractivity contribution in [1.82, 2.24) is 14.5 Å². The van der Waals surface area contributed by atoms with Gasteiger partial charge in [-0.05, 0) is 17.7 Å². The number of rotatable bonds is 2. The number of benzene rings is 1. The van der Waals surface area contributed by atoms with Crippen LogP contribution >= 0.6 is 0 Å². The SMILES string of the molecule is Cn1c(=O)oc2cc(-c3cnc(NC#N)nc3)ccc21. The molecule has 0 saturated carbocycles. The van der Waals surface area contributed by atoms with Crippen LogP contribution < -0.4 is 11.1 Å². The first-order valence-electron chi connectivity index (χ1n) is 5.76. The van der Waals surface area contributed by atoms with Crippen molar-refractivity contribution in [3.8, 4) is 17.3 Å². The summed E-state index contributed by atoms with van der Waals surface area (Å²) in [4.78, 5) is 19.4. The van der Waals surface area contributed by atoms with Crippen molar-refractivity contribution < 1.29 is 4.42 Å². The van der Waals surface area contributed by atoms with Crippen molar-refractivity contribution in [3.05, 3.63) is 41.1 Å². The van der Waals surface area contributed by atoms with Gasteiger partial charge in [0.25, 0.3) is 0 Å². The number of hydrogen-bond donors (Lipinski definition) is 1. The molecule has 3 aromatic rings. The lowest BCUT2D eigenvalue weighted by molar-refractivity contribution is 0.528. The van der Waals surface area contributed by atoms with Crippen LogP contribution in [0.3, 0.4) is 0 Å². The number of nitriles is 1. The molecule has 0 amide bonds. The third kappa shape index (κ3) is 1.89. The molecule has 0 aliphatic heterocycles. The number of oxazole rings is 1. The van der Waals surface area contributed by atoms with E-state index < -0.39 is 5.76 Å². The first-order chi connectivity index (χ1) is 9.69. The van der Waals surface area contributed by atoms with Gasteiger partial charge in [-0.1, -0.05) is 6.07 Å². The highest BCUT2D eigenvalue weighted by Crippen LogP contribution is 2.23. The molecule has 0 atom stereocenters. The second kappa shape index (κ2) is 4.51. The molecular weight excluding hydrogens is 258 g/mol. The van der Waals surface area contributed by atoms with Crippen LogP contribution in [-0.2, 0) is 7.05 Å². The van der Waals surface area contributed by atoms with Crippen LogP contribution in [0, 0.1) is 11.5 Å². The minimum atomic E-state index is -0.401. The molecule has 0 aliphatic carbocycles. The van der Waals surface area contributed by atoms with Gasteiger partial charge in [0, 0.05) is 25.0 Å². The van der Waals surface area contributed by atoms with E-state index >= 15 is 0 Å². The van der Waals surface area contributed by atoms with Crippen LogP contribution in [0.25, 0.3) is 22.2 Å². The fourth-order valence-electron chi connectivity index (χ4n) is 1.91. The van der Waals surface area contributed by atoms with E-state index in [0.29, 0.717) is 5.58 Å². The minimum absolute atomic E-state index is 0.239. The summed E-state index contributed by atoms with van der Waals surface area (Å²) in [6.07, 6.45) is 4.93. The molecule has 3 rings (SSSR count). The van der Waals surface area contributed by atoms with Gasteiger partial charge < -0.3 is 4.42 Å². The maximum absolute atomic E-state index is 11.4. The Morgan fingerprint density at radius 3 is 2.75 bits per heavy atom. The summed E-state index contributed by atoms with van der Waals surface area (Å²) >= 11 is 0. The molecule has 20 heavy (non-hydrogen) atoms. The highest BCUT2D eigenvalue weighted by molar-refractivity contribution is 5.80. The Kier molecular flexibility index (Phi) is 2.69. The summed E-state index contributed by atoms with van der Waals surface area (Å²) in [5.74, 6) is -0.162. The molecule has 7 nitrogen and oxygen atoms in total. The van der Waals surface area contributed by atoms with Crippen molar-refractivity contribution >= 4 is 17.0 Å². The monoisotopic (exact) mass is 267 g/mol. The number of nitrogens with zero attached hydrogens (tertiary/aromatic N) is 4. The highest BCUT2D eigenvalue weighted by Gasteiger charge is 2.08.